The molecule has 2 N–H and O–H groups in total. The molecular formula is C19H26N2. The lowest BCUT2D eigenvalue weighted by molar-refractivity contribution is 0.154. The van der Waals surface area contributed by atoms with Gasteiger partial charge in [0, 0.05) is 17.6 Å². The predicted molar refractivity (Wildman–Crippen MR) is 89.3 cm³/mol. The second kappa shape index (κ2) is 5.42. The average molecular weight is 282 g/mol. The van der Waals surface area contributed by atoms with Gasteiger partial charge in [0.1, 0.15) is 0 Å². The Morgan fingerprint density at radius 3 is 2.71 bits per heavy atom. The number of benzene rings is 1. The van der Waals surface area contributed by atoms with E-state index in [0.29, 0.717) is 11.3 Å². The van der Waals surface area contributed by atoms with Crippen LogP contribution >= 0.6 is 0 Å². The molecule has 3 unspecified atom stereocenters. The third-order valence-corrected chi connectivity index (χ3v) is 5.18. The number of nitrogens with zero attached hydrogens (tertiary/aromatic N) is 1. The van der Waals surface area contributed by atoms with Crippen LogP contribution in [0.3, 0.4) is 0 Å². The molecule has 112 valence electrons. The molecule has 1 aromatic carbocycles. The quantitative estimate of drug-likeness (QED) is 0.837. The average Bonchev–Trinajstić information content (AvgIpc) is 2.46. The van der Waals surface area contributed by atoms with Gasteiger partial charge in [-0.1, -0.05) is 32.9 Å². The molecule has 21 heavy (non-hydrogen) atoms. The lowest BCUT2D eigenvalue weighted by Crippen LogP contribution is -2.38. The molecule has 1 fully saturated rings. The standard InChI is InChI=1S/C19H26N2/c1-19(2,3)15-7-8-17(20)16(12-15)13-6-9-18-14(11-13)5-4-10-21-18/h4-6,9-11,15-17H,7-8,12,20H2,1-3H3. The molecule has 2 aromatic rings. The maximum atomic E-state index is 6.44. The van der Waals surface area contributed by atoms with Crippen molar-refractivity contribution >= 4 is 10.9 Å². The summed E-state index contributed by atoms with van der Waals surface area (Å²) in [7, 11) is 0. The third kappa shape index (κ3) is 2.96. The highest BCUT2D eigenvalue weighted by molar-refractivity contribution is 5.79. The first-order valence-electron chi connectivity index (χ1n) is 8.05. The number of fused-ring (bicyclic) bond motifs is 1. The Hall–Kier alpha value is -1.41. The fourth-order valence-corrected chi connectivity index (χ4v) is 3.69. The Morgan fingerprint density at radius 2 is 1.95 bits per heavy atom. The molecular weight excluding hydrogens is 256 g/mol. The number of rotatable bonds is 1. The van der Waals surface area contributed by atoms with Gasteiger partial charge >= 0.3 is 0 Å². The van der Waals surface area contributed by atoms with Crippen molar-refractivity contribution in [1.82, 2.24) is 4.98 Å². The van der Waals surface area contributed by atoms with Gasteiger partial charge in [-0.25, -0.2) is 0 Å². The molecule has 0 amide bonds. The first-order valence-corrected chi connectivity index (χ1v) is 8.05. The highest BCUT2D eigenvalue weighted by Crippen LogP contribution is 2.43. The summed E-state index contributed by atoms with van der Waals surface area (Å²) in [6.45, 7) is 7.07. The Bertz CT molecular complexity index is 627. The Morgan fingerprint density at radius 1 is 1.14 bits per heavy atom. The zero-order valence-electron chi connectivity index (χ0n) is 13.3. The zero-order chi connectivity index (χ0) is 15.0. The minimum Gasteiger partial charge on any atom is -0.327 e. The van der Waals surface area contributed by atoms with Crippen LogP contribution in [-0.4, -0.2) is 11.0 Å². The molecule has 0 saturated heterocycles. The van der Waals surface area contributed by atoms with E-state index in [9.17, 15) is 0 Å². The van der Waals surface area contributed by atoms with Crippen molar-refractivity contribution in [2.24, 2.45) is 17.1 Å². The van der Waals surface area contributed by atoms with Crippen LogP contribution in [-0.2, 0) is 0 Å². The minimum atomic E-state index is 0.290. The highest BCUT2D eigenvalue weighted by Gasteiger charge is 2.35. The van der Waals surface area contributed by atoms with Crippen molar-refractivity contribution in [2.45, 2.75) is 52.0 Å². The van der Waals surface area contributed by atoms with Gasteiger partial charge in [-0.2, -0.15) is 0 Å². The van der Waals surface area contributed by atoms with Crippen molar-refractivity contribution in [3.05, 3.63) is 42.1 Å². The van der Waals surface area contributed by atoms with Crippen LogP contribution in [0, 0.1) is 11.3 Å². The molecule has 0 radical (unpaired) electrons. The number of nitrogens with two attached hydrogens (primary N) is 1. The van der Waals surface area contributed by atoms with Crippen molar-refractivity contribution in [1.29, 1.82) is 0 Å². The second-order valence-electron chi connectivity index (χ2n) is 7.60. The summed E-state index contributed by atoms with van der Waals surface area (Å²) in [6, 6.07) is 11.1. The van der Waals surface area contributed by atoms with Crippen LogP contribution in [0.5, 0.6) is 0 Å². The maximum absolute atomic E-state index is 6.44. The smallest absolute Gasteiger partial charge is 0.0702 e. The molecule has 2 nitrogen and oxygen atoms in total. The van der Waals surface area contributed by atoms with Crippen molar-refractivity contribution < 1.29 is 0 Å². The van der Waals surface area contributed by atoms with E-state index >= 15 is 0 Å². The molecule has 1 aromatic heterocycles. The molecule has 1 aliphatic carbocycles. The van der Waals surface area contributed by atoms with E-state index in [1.807, 2.05) is 12.3 Å². The summed E-state index contributed by atoms with van der Waals surface area (Å²) in [5, 5.41) is 1.22. The normalized spacial score (nSPS) is 27.0. The lowest BCUT2D eigenvalue weighted by Gasteiger charge is -2.41. The number of hydrogen-bond donors (Lipinski definition) is 1. The van der Waals surface area contributed by atoms with E-state index in [4.69, 9.17) is 5.73 Å². The first kappa shape index (κ1) is 14.5. The largest absolute Gasteiger partial charge is 0.327 e. The Labute approximate surface area is 127 Å². The van der Waals surface area contributed by atoms with E-state index in [1.54, 1.807) is 0 Å². The van der Waals surface area contributed by atoms with E-state index in [2.05, 4.69) is 50.0 Å². The van der Waals surface area contributed by atoms with Crippen molar-refractivity contribution in [2.75, 3.05) is 0 Å². The Balaban J connectivity index is 1.92. The predicted octanol–water partition coefficient (Wildman–Crippen LogP) is 4.49. The molecule has 3 atom stereocenters. The second-order valence-corrected chi connectivity index (χ2v) is 7.60. The molecule has 0 aliphatic heterocycles. The lowest BCUT2D eigenvalue weighted by atomic mass is 9.66. The monoisotopic (exact) mass is 282 g/mol. The first-order chi connectivity index (χ1) is 9.95. The molecule has 3 rings (SSSR count). The minimum absolute atomic E-state index is 0.290. The van der Waals surface area contributed by atoms with E-state index < -0.39 is 0 Å². The van der Waals surface area contributed by atoms with Gasteiger partial charge in [-0.3, -0.25) is 4.98 Å². The highest BCUT2D eigenvalue weighted by atomic mass is 14.7. The van der Waals surface area contributed by atoms with Crippen molar-refractivity contribution in [3.63, 3.8) is 0 Å². The SMILES string of the molecule is CC(C)(C)C1CCC(N)C(c2ccc3ncccc3c2)C1. The van der Waals surface area contributed by atoms with Gasteiger partial charge in [0.25, 0.3) is 0 Å². The maximum Gasteiger partial charge on any atom is 0.0702 e. The summed E-state index contributed by atoms with van der Waals surface area (Å²) in [5.41, 5.74) is 9.27. The molecule has 0 spiro atoms. The summed E-state index contributed by atoms with van der Waals surface area (Å²) in [4.78, 5) is 4.41. The number of hydrogen-bond acceptors (Lipinski definition) is 2. The van der Waals surface area contributed by atoms with Gasteiger partial charge in [0.15, 0.2) is 0 Å². The van der Waals surface area contributed by atoms with Gasteiger partial charge in [0.05, 0.1) is 5.52 Å². The number of aromatic nitrogens is 1. The topological polar surface area (TPSA) is 38.9 Å². The van der Waals surface area contributed by atoms with Gasteiger partial charge < -0.3 is 5.73 Å². The third-order valence-electron chi connectivity index (χ3n) is 5.18. The van der Waals surface area contributed by atoms with Crippen LogP contribution < -0.4 is 5.73 Å². The summed E-state index contributed by atoms with van der Waals surface area (Å²) in [6.07, 6.45) is 5.45. The van der Waals surface area contributed by atoms with E-state index in [0.717, 1.165) is 17.9 Å². The summed E-state index contributed by atoms with van der Waals surface area (Å²) in [5.74, 6) is 1.24. The van der Waals surface area contributed by atoms with E-state index in [1.165, 1.54) is 23.8 Å². The summed E-state index contributed by atoms with van der Waals surface area (Å²) >= 11 is 0. The van der Waals surface area contributed by atoms with Crippen LogP contribution in [0.25, 0.3) is 10.9 Å². The van der Waals surface area contributed by atoms with Crippen LogP contribution in [0.2, 0.25) is 0 Å². The molecule has 1 saturated carbocycles. The zero-order valence-corrected chi connectivity index (χ0v) is 13.3. The molecule has 0 bridgehead atoms. The van der Waals surface area contributed by atoms with Crippen LogP contribution in [0.15, 0.2) is 36.5 Å². The molecule has 1 aliphatic rings. The van der Waals surface area contributed by atoms with E-state index in [-0.39, 0.29) is 6.04 Å². The fraction of sp³-hybridized carbons (Fsp3) is 0.526. The van der Waals surface area contributed by atoms with Gasteiger partial charge in [-0.05, 0) is 60.3 Å². The molecule has 2 heteroatoms. The Kier molecular flexibility index (Phi) is 3.75. The van der Waals surface area contributed by atoms with Crippen molar-refractivity contribution in [3.8, 4) is 0 Å². The van der Waals surface area contributed by atoms with Gasteiger partial charge in [0.2, 0.25) is 0 Å². The number of pyridine rings is 1. The summed E-state index contributed by atoms with van der Waals surface area (Å²) < 4.78 is 0. The van der Waals surface area contributed by atoms with Gasteiger partial charge in [-0.15, -0.1) is 0 Å². The van der Waals surface area contributed by atoms with Crippen LogP contribution in [0.1, 0.15) is 51.5 Å². The van der Waals surface area contributed by atoms with Crippen LogP contribution in [0.4, 0.5) is 0 Å². The fourth-order valence-electron chi connectivity index (χ4n) is 3.69. The molecule has 1 heterocycles.